The summed E-state index contributed by atoms with van der Waals surface area (Å²) in [6, 6.07) is 23.7. The lowest BCUT2D eigenvalue weighted by Gasteiger charge is -2.14. The first kappa shape index (κ1) is 25.7. The third kappa shape index (κ3) is 6.63. The van der Waals surface area contributed by atoms with Gasteiger partial charge in [0.15, 0.2) is 0 Å². The SMILES string of the molecule is O=C(Cl)c1ccc(Oc2cc(OCc3ccccc3)c([N+](=O)[O-])c(Oc3ccc(C(=O)Cl)cc3)c2)cc1. The van der Waals surface area contributed by atoms with E-state index in [0.717, 1.165) is 5.56 Å². The molecule has 0 saturated carbocycles. The van der Waals surface area contributed by atoms with E-state index in [1.165, 1.54) is 60.7 Å². The van der Waals surface area contributed by atoms with Gasteiger partial charge in [0, 0.05) is 23.3 Å². The second-order valence-corrected chi connectivity index (χ2v) is 8.29. The van der Waals surface area contributed by atoms with Crippen molar-refractivity contribution in [2.24, 2.45) is 0 Å². The smallest absolute Gasteiger partial charge is 0.353 e. The molecule has 4 aromatic rings. The third-order valence-electron chi connectivity index (χ3n) is 5.06. The maximum Gasteiger partial charge on any atom is 0.353 e. The van der Waals surface area contributed by atoms with Crippen LogP contribution in [-0.2, 0) is 6.61 Å². The minimum Gasteiger partial charge on any atom is -0.482 e. The van der Waals surface area contributed by atoms with Gasteiger partial charge in [-0.3, -0.25) is 19.7 Å². The Labute approximate surface area is 221 Å². The van der Waals surface area contributed by atoms with Gasteiger partial charge in [-0.1, -0.05) is 30.3 Å². The van der Waals surface area contributed by atoms with E-state index in [1.807, 2.05) is 30.3 Å². The van der Waals surface area contributed by atoms with E-state index in [2.05, 4.69) is 0 Å². The summed E-state index contributed by atoms with van der Waals surface area (Å²) in [5.74, 6) is 0.520. The number of carbonyl (C=O) groups excluding carboxylic acids is 2. The summed E-state index contributed by atoms with van der Waals surface area (Å²) in [6.45, 7) is 0.0592. The van der Waals surface area contributed by atoms with Crippen LogP contribution in [0.25, 0.3) is 0 Å². The molecule has 0 aliphatic heterocycles. The molecular formula is C27H17Cl2NO7. The van der Waals surface area contributed by atoms with Crippen molar-refractivity contribution in [3.05, 3.63) is 118 Å². The molecule has 4 rings (SSSR count). The average Bonchev–Trinajstić information content (AvgIpc) is 2.88. The van der Waals surface area contributed by atoms with E-state index in [4.69, 9.17) is 37.4 Å². The van der Waals surface area contributed by atoms with Crippen molar-refractivity contribution in [1.82, 2.24) is 0 Å². The molecule has 0 spiro atoms. The molecule has 0 atom stereocenters. The molecule has 37 heavy (non-hydrogen) atoms. The topological polar surface area (TPSA) is 105 Å². The highest BCUT2D eigenvalue weighted by atomic mass is 35.5. The van der Waals surface area contributed by atoms with E-state index in [9.17, 15) is 19.7 Å². The molecule has 0 radical (unpaired) electrons. The number of nitro groups is 1. The van der Waals surface area contributed by atoms with E-state index in [1.54, 1.807) is 0 Å². The van der Waals surface area contributed by atoms with Gasteiger partial charge in [0.05, 0.1) is 4.92 Å². The summed E-state index contributed by atoms with van der Waals surface area (Å²) >= 11 is 11.0. The molecule has 0 saturated heterocycles. The first-order chi connectivity index (χ1) is 17.8. The van der Waals surface area contributed by atoms with Crippen molar-refractivity contribution in [3.63, 3.8) is 0 Å². The maximum atomic E-state index is 12.1. The van der Waals surface area contributed by atoms with Crippen LogP contribution in [0.1, 0.15) is 26.3 Å². The fraction of sp³-hybridized carbons (Fsp3) is 0.0370. The lowest BCUT2D eigenvalue weighted by atomic mass is 10.2. The van der Waals surface area contributed by atoms with Gasteiger partial charge in [0.1, 0.15) is 23.9 Å². The van der Waals surface area contributed by atoms with Crippen LogP contribution in [0, 0.1) is 10.1 Å². The number of hydrogen-bond donors (Lipinski definition) is 0. The minimum absolute atomic E-state index is 0.0592. The van der Waals surface area contributed by atoms with Gasteiger partial charge in [0.25, 0.3) is 10.5 Å². The summed E-state index contributed by atoms with van der Waals surface area (Å²) in [5, 5.41) is 10.8. The van der Waals surface area contributed by atoms with E-state index in [-0.39, 0.29) is 40.7 Å². The molecule has 0 aliphatic carbocycles. The van der Waals surface area contributed by atoms with E-state index < -0.39 is 21.1 Å². The second kappa shape index (κ2) is 11.6. The maximum absolute atomic E-state index is 12.1. The number of rotatable bonds is 10. The molecular weight excluding hydrogens is 521 g/mol. The summed E-state index contributed by atoms with van der Waals surface area (Å²) in [4.78, 5) is 34.1. The van der Waals surface area contributed by atoms with Gasteiger partial charge in [-0.15, -0.1) is 0 Å². The Balaban J connectivity index is 1.71. The van der Waals surface area contributed by atoms with Gasteiger partial charge < -0.3 is 14.2 Å². The van der Waals surface area contributed by atoms with Crippen molar-refractivity contribution < 1.29 is 28.7 Å². The highest BCUT2D eigenvalue weighted by Gasteiger charge is 2.26. The Morgan fingerprint density at radius 2 is 1.22 bits per heavy atom. The number of hydrogen-bond acceptors (Lipinski definition) is 7. The molecule has 0 bridgehead atoms. The Morgan fingerprint density at radius 1 is 0.703 bits per heavy atom. The van der Waals surface area contributed by atoms with Crippen molar-refractivity contribution in [2.75, 3.05) is 0 Å². The normalized spacial score (nSPS) is 10.4. The van der Waals surface area contributed by atoms with Crippen LogP contribution in [0.4, 0.5) is 5.69 Å². The Bertz CT molecular complexity index is 1440. The second-order valence-electron chi connectivity index (χ2n) is 7.60. The largest absolute Gasteiger partial charge is 0.482 e. The van der Waals surface area contributed by atoms with E-state index >= 15 is 0 Å². The number of carbonyl (C=O) groups is 2. The quantitative estimate of drug-likeness (QED) is 0.117. The van der Waals surface area contributed by atoms with Crippen molar-refractivity contribution in [2.45, 2.75) is 6.61 Å². The third-order valence-corrected chi connectivity index (χ3v) is 5.50. The van der Waals surface area contributed by atoms with Gasteiger partial charge >= 0.3 is 5.69 Å². The molecule has 0 unspecified atom stereocenters. The highest BCUT2D eigenvalue weighted by Crippen LogP contribution is 2.44. The van der Waals surface area contributed by atoms with Crippen LogP contribution in [-0.4, -0.2) is 15.4 Å². The summed E-state index contributed by atoms with van der Waals surface area (Å²) in [6.07, 6.45) is 0. The average molecular weight is 538 g/mol. The van der Waals surface area contributed by atoms with Crippen molar-refractivity contribution in [3.8, 4) is 28.7 Å². The summed E-state index contributed by atoms with van der Waals surface area (Å²) in [5.41, 5.74) is 0.913. The lowest BCUT2D eigenvalue weighted by molar-refractivity contribution is -0.386. The van der Waals surface area contributed by atoms with E-state index in [0.29, 0.717) is 5.75 Å². The molecule has 0 heterocycles. The van der Waals surface area contributed by atoms with Crippen molar-refractivity contribution in [1.29, 1.82) is 0 Å². The molecule has 0 N–H and O–H groups in total. The Morgan fingerprint density at radius 3 is 1.73 bits per heavy atom. The number of nitro benzene ring substituents is 1. The molecule has 10 heteroatoms. The fourth-order valence-corrected chi connectivity index (χ4v) is 3.54. The molecule has 186 valence electrons. The highest BCUT2D eigenvalue weighted by molar-refractivity contribution is 6.68. The zero-order valence-corrected chi connectivity index (χ0v) is 20.4. The van der Waals surface area contributed by atoms with Crippen LogP contribution in [0.5, 0.6) is 28.7 Å². The summed E-state index contributed by atoms with van der Waals surface area (Å²) in [7, 11) is 0. The van der Waals surface area contributed by atoms with Crippen LogP contribution in [0.15, 0.2) is 91.0 Å². The van der Waals surface area contributed by atoms with Gasteiger partial charge in [0.2, 0.25) is 11.5 Å². The minimum atomic E-state index is -0.647. The molecule has 0 amide bonds. The number of benzene rings is 4. The molecule has 4 aromatic carbocycles. The first-order valence-corrected chi connectivity index (χ1v) is 11.5. The standard InChI is InChI=1S/C27H17Cl2NO7/c28-26(31)18-6-10-20(11-7-18)36-22-14-23(35-16-17-4-2-1-3-5-17)25(30(33)34)24(15-22)37-21-12-8-19(9-13-21)27(29)32/h1-15H,16H2. The van der Waals surface area contributed by atoms with Crippen LogP contribution < -0.4 is 14.2 Å². The lowest BCUT2D eigenvalue weighted by Crippen LogP contribution is -2.02. The van der Waals surface area contributed by atoms with Crippen LogP contribution in [0.2, 0.25) is 0 Å². The Hall–Kier alpha value is -4.40. The van der Waals surface area contributed by atoms with Crippen molar-refractivity contribution >= 4 is 39.4 Å². The number of ether oxygens (including phenoxy) is 3. The Kier molecular flexibility index (Phi) is 8.02. The monoisotopic (exact) mass is 537 g/mol. The zero-order chi connectivity index (χ0) is 26.4. The molecule has 8 nitrogen and oxygen atoms in total. The zero-order valence-electron chi connectivity index (χ0n) is 18.9. The molecule has 0 aliphatic rings. The molecule has 0 aromatic heterocycles. The van der Waals surface area contributed by atoms with Gasteiger partial charge in [-0.2, -0.15) is 0 Å². The first-order valence-electron chi connectivity index (χ1n) is 10.7. The predicted octanol–water partition coefficient (Wildman–Crippen LogP) is 7.52. The predicted molar refractivity (Wildman–Crippen MR) is 137 cm³/mol. The van der Waals surface area contributed by atoms with Crippen LogP contribution >= 0.6 is 23.2 Å². The fourth-order valence-electron chi connectivity index (χ4n) is 3.29. The van der Waals surface area contributed by atoms with Gasteiger partial charge in [-0.05, 0) is 77.3 Å². The van der Waals surface area contributed by atoms with Gasteiger partial charge in [-0.25, -0.2) is 0 Å². The number of halogens is 2. The number of nitrogens with zero attached hydrogens (tertiary/aromatic N) is 1. The summed E-state index contributed by atoms with van der Waals surface area (Å²) < 4.78 is 17.5. The van der Waals surface area contributed by atoms with Crippen LogP contribution in [0.3, 0.4) is 0 Å². The molecule has 0 fully saturated rings.